The number of aryl methyl sites for hydroxylation is 1. The van der Waals surface area contributed by atoms with E-state index in [9.17, 15) is 0 Å². The van der Waals surface area contributed by atoms with E-state index in [0.29, 0.717) is 6.54 Å². The molecule has 60 valence electrons. The lowest BCUT2D eigenvalue weighted by Gasteiger charge is -2.04. The van der Waals surface area contributed by atoms with Gasteiger partial charge < -0.3 is 0 Å². The fourth-order valence-electron chi connectivity index (χ4n) is 0.955. The molecular formula is C8H11ClN2. The first-order valence-electron chi connectivity index (χ1n) is 3.43. The Hall–Kier alpha value is -0.570. The molecule has 0 aromatic heterocycles. The first-order chi connectivity index (χ1) is 5.25. The van der Waals surface area contributed by atoms with Crippen molar-refractivity contribution in [2.24, 2.45) is 5.84 Å². The van der Waals surface area contributed by atoms with E-state index in [1.165, 1.54) is 0 Å². The number of hydrazine groups is 1. The number of nitrogens with one attached hydrogen (secondary N) is 1. The van der Waals surface area contributed by atoms with Crippen molar-refractivity contribution in [3.8, 4) is 0 Å². The van der Waals surface area contributed by atoms with E-state index >= 15 is 0 Å². The number of hydrogen-bond donors (Lipinski definition) is 2. The molecule has 11 heavy (non-hydrogen) atoms. The van der Waals surface area contributed by atoms with Crippen LogP contribution in [0.15, 0.2) is 18.2 Å². The Kier molecular flexibility index (Phi) is 2.88. The third-order valence-electron chi connectivity index (χ3n) is 1.56. The van der Waals surface area contributed by atoms with Crippen LogP contribution in [-0.2, 0) is 6.54 Å². The van der Waals surface area contributed by atoms with Crippen molar-refractivity contribution in [3.63, 3.8) is 0 Å². The lowest BCUT2D eigenvalue weighted by molar-refractivity contribution is 0.741. The predicted molar refractivity (Wildman–Crippen MR) is 47.2 cm³/mol. The van der Waals surface area contributed by atoms with Gasteiger partial charge >= 0.3 is 0 Å². The molecule has 0 unspecified atom stereocenters. The first kappa shape index (κ1) is 8.53. The van der Waals surface area contributed by atoms with Crippen LogP contribution >= 0.6 is 11.6 Å². The Labute approximate surface area is 71.3 Å². The van der Waals surface area contributed by atoms with Gasteiger partial charge in [0, 0.05) is 11.6 Å². The smallest absolute Gasteiger partial charge is 0.0480 e. The standard InChI is InChI=1S/C8H11ClN2/c1-6-3-2-4-7(5-11-10)8(6)9/h2-4,11H,5,10H2,1H3. The summed E-state index contributed by atoms with van der Waals surface area (Å²) in [6, 6.07) is 5.89. The quantitative estimate of drug-likeness (QED) is 0.523. The summed E-state index contributed by atoms with van der Waals surface area (Å²) in [6.45, 7) is 2.59. The zero-order chi connectivity index (χ0) is 8.27. The summed E-state index contributed by atoms with van der Waals surface area (Å²) in [7, 11) is 0. The van der Waals surface area contributed by atoms with Crippen LogP contribution in [0.3, 0.4) is 0 Å². The van der Waals surface area contributed by atoms with Crippen LogP contribution in [0.4, 0.5) is 0 Å². The molecule has 1 rings (SSSR count). The molecule has 0 saturated carbocycles. The van der Waals surface area contributed by atoms with Gasteiger partial charge in [0.2, 0.25) is 0 Å². The van der Waals surface area contributed by atoms with E-state index in [0.717, 1.165) is 16.1 Å². The van der Waals surface area contributed by atoms with Gasteiger partial charge in [0.25, 0.3) is 0 Å². The van der Waals surface area contributed by atoms with E-state index in [1.807, 2.05) is 25.1 Å². The zero-order valence-electron chi connectivity index (χ0n) is 6.39. The van der Waals surface area contributed by atoms with Crippen LogP contribution < -0.4 is 11.3 Å². The molecule has 0 bridgehead atoms. The first-order valence-corrected chi connectivity index (χ1v) is 3.81. The lowest BCUT2D eigenvalue weighted by Crippen LogP contribution is -2.21. The lowest BCUT2D eigenvalue weighted by atomic mass is 10.1. The normalized spacial score (nSPS) is 10.1. The zero-order valence-corrected chi connectivity index (χ0v) is 7.15. The highest BCUT2D eigenvalue weighted by Crippen LogP contribution is 2.19. The number of hydrogen-bond acceptors (Lipinski definition) is 2. The molecular weight excluding hydrogens is 160 g/mol. The second-order valence-electron chi connectivity index (χ2n) is 2.43. The molecule has 0 spiro atoms. The van der Waals surface area contributed by atoms with E-state index in [-0.39, 0.29) is 0 Å². The summed E-state index contributed by atoms with van der Waals surface area (Å²) in [5, 5.41) is 0.797. The van der Waals surface area contributed by atoms with Gasteiger partial charge in [-0.3, -0.25) is 11.3 Å². The van der Waals surface area contributed by atoms with Crippen LogP contribution in [0, 0.1) is 6.92 Å². The minimum atomic E-state index is 0.612. The molecule has 2 nitrogen and oxygen atoms in total. The van der Waals surface area contributed by atoms with Gasteiger partial charge in [-0.05, 0) is 18.1 Å². The maximum absolute atomic E-state index is 5.98. The summed E-state index contributed by atoms with van der Waals surface area (Å²) in [6.07, 6.45) is 0. The van der Waals surface area contributed by atoms with Gasteiger partial charge in [0.15, 0.2) is 0 Å². The molecule has 0 atom stereocenters. The highest BCUT2D eigenvalue weighted by molar-refractivity contribution is 6.32. The van der Waals surface area contributed by atoms with E-state index in [2.05, 4.69) is 5.43 Å². The average molecular weight is 171 g/mol. The highest BCUT2D eigenvalue weighted by atomic mass is 35.5. The highest BCUT2D eigenvalue weighted by Gasteiger charge is 1.99. The minimum absolute atomic E-state index is 0.612. The molecule has 0 aliphatic carbocycles. The number of benzene rings is 1. The van der Waals surface area contributed by atoms with E-state index < -0.39 is 0 Å². The largest absolute Gasteiger partial charge is 0.271 e. The summed E-state index contributed by atoms with van der Waals surface area (Å²) in [5.74, 6) is 5.17. The molecule has 0 radical (unpaired) electrons. The SMILES string of the molecule is Cc1cccc(CNN)c1Cl. The van der Waals surface area contributed by atoms with E-state index in [4.69, 9.17) is 17.4 Å². The van der Waals surface area contributed by atoms with Crippen LogP contribution in [0.2, 0.25) is 5.02 Å². The van der Waals surface area contributed by atoms with Gasteiger partial charge in [0.1, 0.15) is 0 Å². The Morgan fingerprint density at radius 2 is 2.27 bits per heavy atom. The summed E-state index contributed by atoms with van der Waals surface area (Å²) in [5.41, 5.74) is 4.69. The van der Waals surface area contributed by atoms with Crippen molar-refractivity contribution < 1.29 is 0 Å². The van der Waals surface area contributed by atoms with E-state index in [1.54, 1.807) is 0 Å². The molecule has 0 aliphatic heterocycles. The molecule has 0 fully saturated rings. The minimum Gasteiger partial charge on any atom is -0.271 e. The monoisotopic (exact) mass is 170 g/mol. The number of rotatable bonds is 2. The molecule has 0 saturated heterocycles. The topological polar surface area (TPSA) is 38.0 Å². The number of halogens is 1. The van der Waals surface area contributed by atoms with Crippen LogP contribution in [0.1, 0.15) is 11.1 Å². The Bertz CT molecular complexity index is 248. The summed E-state index contributed by atoms with van der Waals surface area (Å²) in [4.78, 5) is 0. The van der Waals surface area contributed by atoms with Crippen LogP contribution in [0.5, 0.6) is 0 Å². The molecule has 1 aromatic rings. The van der Waals surface area contributed by atoms with Crippen molar-refractivity contribution >= 4 is 11.6 Å². The summed E-state index contributed by atoms with van der Waals surface area (Å²) < 4.78 is 0. The third kappa shape index (κ3) is 1.93. The van der Waals surface area contributed by atoms with Crippen molar-refractivity contribution in [2.75, 3.05) is 0 Å². The van der Waals surface area contributed by atoms with Crippen molar-refractivity contribution in [3.05, 3.63) is 34.3 Å². The molecule has 1 aromatic carbocycles. The van der Waals surface area contributed by atoms with Gasteiger partial charge in [0.05, 0.1) is 0 Å². The molecule has 3 N–H and O–H groups in total. The Balaban J connectivity index is 2.96. The number of nitrogens with two attached hydrogens (primary N) is 1. The fraction of sp³-hybridized carbons (Fsp3) is 0.250. The van der Waals surface area contributed by atoms with Gasteiger partial charge in [-0.1, -0.05) is 29.8 Å². The molecule has 0 aliphatic rings. The summed E-state index contributed by atoms with van der Waals surface area (Å²) >= 11 is 5.98. The second-order valence-corrected chi connectivity index (χ2v) is 2.81. The second kappa shape index (κ2) is 3.72. The average Bonchev–Trinajstić information content (AvgIpc) is 1.99. The van der Waals surface area contributed by atoms with Gasteiger partial charge in [-0.15, -0.1) is 0 Å². The van der Waals surface area contributed by atoms with Gasteiger partial charge in [-0.2, -0.15) is 0 Å². The van der Waals surface area contributed by atoms with Crippen molar-refractivity contribution in [1.29, 1.82) is 0 Å². The predicted octanol–water partition coefficient (Wildman–Crippen LogP) is 1.61. The maximum Gasteiger partial charge on any atom is 0.0480 e. The van der Waals surface area contributed by atoms with Crippen molar-refractivity contribution in [1.82, 2.24) is 5.43 Å². The maximum atomic E-state index is 5.98. The van der Waals surface area contributed by atoms with Crippen LogP contribution in [0.25, 0.3) is 0 Å². The third-order valence-corrected chi connectivity index (χ3v) is 2.11. The molecule has 3 heteroatoms. The molecule has 0 heterocycles. The fourth-order valence-corrected chi connectivity index (χ4v) is 1.15. The Morgan fingerprint density at radius 1 is 1.55 bits per heavy atom. The Morgan fingerprint density at radius 3 is 2.91 bits per heavy atom. The van der Waals surface area contributed by atoms with Gasteiger partial charge in [-0.25, -0.2) is 0 Å². The van der Waals surface area contributed by atoms with Crippen LogP contribution in [-0.4, -0.2) is 0 Å². The van der Waals surface area contributed by atoms with Crippen molar-refractivity contribution in [2.45, 2.75) is 13.5 Å². The molecule has 0 amide bonds.